The minimum absolute atomic E-state index is 0.0829. The number of aromatic nitrogens is 1. The van der Waals surface area contributed by atoms with Crippen LogP contribution in [0.5, 0.6) is 0 Å². The topological polar surface area (TPSA) is 82.5 Å². The van der Waals surface area contributed by atoms with Crippen molar-refractivity contribution >= 4 is 11.8 Å². The van der Waals surface area contributed by atoms with E-state index in [1.807, 2.05) is 12.1 Å². The molecule has 120 valence electrons. The monoisotopic (exact) mass is 305 g/mol. The van der Waals surface area contributed by atoms with Crippen LogP contribution in [0, 0.1) is 0 Å². The minimum atomic E-state index is -0.597. The Kier molecular flexibility index (Phi) is 5.89. The van der Waals surface area contributed by atoms with Crippen molar-refractivity contribution in [2.24, 2.45) is 0 Å². The molecule has 1 aromatic rings. The van der Waals surface area contributed by atoms with Gasteiger partial charge in [-0.3, -0.25) is 14.6 Å². The molecule has 6 nitrogen and oxygen atoms in total. The number of carbonyl (C=O) groups excluding carboxylic acids is 2. The summed E-state index contributed by atoms with van der Waals surface area (Å²) in [7, 11) is 0. The summed E-state index contributed by atoms with van der Waals surface area (Å²) in [6.07, 6.45) is 5.06. The van der Waals surface area contributed by atoms with E-state index >= 15 is 0 Å². The van der Waals surface area contributed by atoms with Gasteiger partial charge >= 0.3 is 0 Å². The molecule has 1 aromatic heterocycles. The summed E-state index contributed by atoms with van der Waals surface area (Å²) in [4.78, 5) is 29.3. The largest absolute Gasteiger partial charge is 0.391 e. The highest BCUT2D eigenvalue weighted by atomic mass is 16.3. The second-order valence-electron chi connectivity index (χ2n) is 5.69. The first-order valence-electron chi connectivity index (χ1n) is 7.68. The first kappa shape index (κ1) is 16.4. The molecule has 1 aliphatic rings. The van der Waals surface area contributed by atoms with E-state index in [1.54, 1.807) is 17.3 Å². The second kappa shape index (κ2) is 7.89. The van der Waals surface area contributed by atoms with Crippen LogP contribution in [-0.2, 0) is 16.0 Å². The average Bonchev–Trinajstić information content (AvgIpc) is 2.68. The van der Waals surface area contributed by atoms with Gasteiger partial charge in [-0.05, 0) is 30.9 Å². The average molecular weight is 305 g/mol. The SMILES string of the molecule is CC(=O)N[C@H]1CCN(C(=O)CCc2cccnc2)CC[C@@H]1O. The summed E-state index contributed by atoms with van der Waals surface area (Å²) >= 11 is 0. The Labute approximate surface area is 130 Å². The van der Waals surface area contributed by atoms with E-state index in [2.05, 4.69) is 10.3 Å². The Hall–Kier alpha value is -1.95. The zero-order chi connectivity index (χ0) is 15.9. The lowest BCUT2D eigenvalue weighted by Gasteiger charge is -2.21. The molecular formula is C16H23N3O3. The van der Waals surface area contributed by atoms with Crippen molar-refractivity contribution in [1.29, 1.82) is 0 Å². The smallest absolute Gasteiger partial charge is 0.222 e. The van der Waals surface area contributed by atoms with Crippen LogP contribution >= 0.6 is 0 Å². The van der Waals surface area contributed by atoms with Crippen LogP contribution in [0.4, 0.5) is 0 Å². The van der Waals surface area contributed by atoms with Gasteiger partial charge < -0.3 is 15.3 Å². The Morgan fingerprint density at radius 3 is 2.86 bits per heavy atom. The summed E-state index contributed by atoms with van der Waals surface area (Å²) in [6, 6.07) is 3.55. The highest BCUT2D eigenvalue weighted by Gasteiger charge is 2.27. The normalized spacial score (nSPS) is 22.0. The second-order valence-corrected chi connectivity index (χ2v) is 5.69. The standard InChI is InChI=1S/C16H23N3O3/c1-12(20)18-14-6-9-19(10-7-15(14)21)16(22)5-4-13-3-2-8-17-11-13/h2-3,8,11,14-15,21H,4-7,9-10H2,1H3,(H,18,20)/t14-,15-/m0/s1. The number of nitrogens with one attached hydrogen (secondary N) is 1. The molecule has 2 rings (SSSR count). The summed E-state index contributed by atoms with van der Waals surface area (Å²) in [5.74, 6) is -0.0695. The Bertz CT molecular complexity index is 507. The maximum absolute atomic E-state index is 12.3. The van der Waals surface area contributed by atoms with Crippen LogP contribution in [0.3, 0.4) is 0 Å². The van der Waals surface area contributed by atoms with E-state index in [-0.39, 0.29) is 17.9 Å². The number of aliphatic hydroxyl groups excluding tert-OH is 1. The van der Waals surface area contributed by atoms with Crippen LogP contribution < -0.4 is 5.32 Å². The van der Waals surface area contributed by atoms with Gasteiger partial charge in [0, 0.05) is 38.8 Å². The molecule has 0 aliphatic carbocycles. The van der Waals surface area contributed by atoms with Crippen molar-refractivity contribution in [1.82, 2.24) is 15.2 Å². The van der Waals surface area contributed by atoms with E-state index in [0.717, 1.165) is 5.56 Å². The van der Waals surface area contributed by atoms with Gasteiger partial charge in [0.25, 0.3) is 0 Å². The Balaban J connectivity index is 1.84. The first-order valence-corrected chi connectivity index (χ1v) is 7.68. The zero-order valence-electron chi connectivity index (χ0n) is 12.9. The van der Waals surface area contributed by atoms with Gasteiger partial charge in [0.05, 0.1) is 12.1 Å². The van der Waals surface area contributed by atoms with Crippen molar-refractivity contribution in [2.45, 2.75) is 44.8 Å². The number of hydrogen-bond acceptors (Lipinski definition) is 4. The number of aryl methyl sites for hydroxylation is 1. The fourth-order valence-corrected chi connectivity index (χ4v) is 2.72. The molecule has 0 unspecified atom stereocenters. The van der Waals surface area contributed by atoms with Crippen molar-refractivity contribution in [3.05, 3.63) is 30.1 Å². The number of aliphatic hydroxyl groups is 1. The quantitative estimate of drug-likeness (QED) is 0.849. The summed E-state index contributed by atoms with van der Waals surface area (Å²) in [6.45, 7) is 2.53. The molecule has 0 radical (unpaired) electrons. The van der Waals surface area contributed by atoms with E-state index in [0.29, 0.717) is 38.8 Å². The summed E-state index contributed by atoms with van der Waals surface area (Å²) in [5.41, 5.74) is 1.04. The lowest BCUT2D eigenvalue weighted by atomic mass is 10.1. The molecule has 1 aliphatic heterocycles. The lowest BCUT2D eigenvalue weighted by Crippen LogP contribution is -2.42. The number of rotatable bonds is 4. The van der Waals surface area contributed by atoms with Crippen molar-refractivity contribution in [3.63, 3.8) is 0 Å². The third-order valence-electron chi connectivity index (χ3n) is 3.96. The number of likely N-dealkylation sites (tertiary alicyclic amines) is 1. The van der Waals surface area contributed by atoms with Crippen LogP contribution in [0.15, 0.2) is 24.5 Å². The molecule has 0 bridgehead atoms. The maximum atomic E-state index is 12.3. The number of amides is 2. The van der Waals surface area contributed by atoms with Gasteiger partial charge in [0.1, 0.15) is 0 Å². The zero-order valence-corrected chi connectivity index (χ0v) is 12.9. The van der Waals surface area contributed by atoms with Gasteiger partial charge in [-0.15, -0.1) is 0 Å². The molecule has 2 heterocycles. The van der Waals surface area contributed by atoms with Gasteiger partial charge in [0.15, 0.2) is 0 Å². The Morgan fingerprint density at radius 1 is 1.41 bits per heavy atom. The lowest BCUT2D eigenvalue weighted by molar-refractivity contribution is -0.131. The molecule has 0 spiro atoms. The number of hydrogen-bond donors (Lipinski definition) is 2. The van der Waals surface area contributed by atoms with Crippen molar-refractivity contribution in [2.75, 3.05) is 13.1 Å². The summed E-state index contributed by atoms with van der Waals surface area (Å²) < 4.78 is 0. The maximum Gasteiger partial charge on any atom is 0.222 e. The molecular weight excluding hydrogens is 282 g/mol. The fraction of sp³-hybridized carbons (Fsp3) is 0.562. The van der Waals surface area contributed by atoms with Gasteiger partial charge in [0.2, 0.25) is 11.8 Å². The highest BCUT2D eigenvalue weighted by molar-refractivity contribution is 5.76. The fourth-order valence-electron chi connectivity index (χ4n) is 2.72. The van der Waals surface area contributed by atoms with Gasteiger partial charge in [-0.1, -0.05) is 6.07 Å². The molecule has 0 aromatic carbocycles. The van der Waals surface area contributed by atoms with Crippen LogP contribution in [0.2, 0.25) is 0 Å². The molecule has 2 N–H and O–H groups in total. The van der Waals surface area contributed by atoms with Crippen LogP contribution in [0.25, 0.3) is 0 Å². The molecule has 1 saturated heterocycles. The van der Waals surface area contributed by atoms with Gasteiger partial charge in [-0.2, -0.15) is 0 Å². The van der Waals surface area contributed by atoms with E-state index in [1.165, 1.54) is 6.92 Å². The molecule has 1 fully saturated rings. The predicted octanol–water partition coefficient (Wildman–Crippen LogP) is 0.502. The van der Waals surface area contributed by atoms with E-state index in [4.69, 9.17) is 0 Å². The molecule has 22 heavy (non-hydrogen) atoms. The number of pyridine rings is 1. The molecule has 2 atom stereocenters. The van der Waals surface area contributed by atoms with E-state index in [9.17, 15) is 14.7 Å². The van der Waals surface area contributed by atoms with Crippen LogP contribution in [-0.4, -0.2) is 52.0 Å². The third-order valence-corrected chi connectivity index (χ3v) is 3.96. The summed E-state index contributed by atoms with van der Waals surface area (Å²) in [5, 5.41) is 12.8. The first-order chi connectivity index (χ1) is 10.6. The highest BCUT2D eigenvalue weighted by Crippen LogP contribution is 2.14. The Morgan fingerprint density at radius 2 is 2.18 bits per heavy atom. The van der Waals surface area contributed by atoms with Crippen LogP contribution in [0.1, 0.15) is 31.7 Å². The molecule has 0 saturated carbocycles. The molecule has 2 amide bonds. The predicted molar refractivity (Wildman–Crippen MR) is 82.0 cm³/mol. The van der Waals surface area contributed by atoms with E-state index < -0.39 is 6.10 Å². The number of nitrogens with zero attached hydrogens (tertiary/aromatic N) is 2. The van der Waals surface area contributed by atoms with Crippen molar-refractivity contribution in [3.8, 4) is 0 Å². The third kappa shape index (κ3) is 4.80. The number of carbonyl (C=O) groups is 2. The molecule has 6 heteroatoms. The minimum Gasteiger partial charge on any atom is -0.391 e. The van der Waals surface area contributed by atoms with Gasteiger partial charge in [-0.25, -0.2) is 0 Å². The van der Waals surface area contributed by atoms with Crippen molar-refractivity contribution < 1.29 is 14.7 Å².